The monoisotopic (exact) mass is 1030 g/mol. The molecule has 0 aromatic carbocycles. The Morgan fingerprint density at radius 2 is 0.786 bits per heavy atom. The topological polar surface area (TPSA) is 521 Å². The van der Waals surface area contributed by atoms with Crippen LogP contribution in [0.4, 0.5) is 0 Å². The molecule has 6 aliphatic rings. The minimum atomic E-state index is -2.20. The van der Waals surface area contributed by atoms with Gasteiger partial charge >= 0.3 is 0 Å². The Morgan fingerprint density at radius 3 is 1.31 bits per heavy atom. The van der Waals surface area contributed by atoms with E-state index < -0.39 is 230 Å². The number of aliphatic hydroxyl groups excluding tert-OH is 18. The standard InChI is InChI=1S/C38H66N2O30/c1-8(46)40-16-22(52)17(47)9(2-41)62-34(16)67-30-14(66-36(28(58)26(30)56)68-29-13(6-45)61-33(59)15(39)21(29)51)7-60-37-31(24(54)19(49)11(4-43)64-37)70-38-32(25(55)20(50)12(5-44)65-38)69-35-27(57)23(53)18(48)10(3-42)63-35/h9-38,41-45,47-59H,2-7,39H2,1H3,(H,40,46)/t9-,10-,11-,12-,13-,14-,15-,16-,17+,18-,19-,20-,21-,22-,23+,24+,25+,26-,27+,28+,29-,30-,31+,32+,33+,34+,35-,36-,37+,38-/m1/s1. The summed E-state index contributed by atoms with van der Waals surface area (Å²) in [6.45, 7) is -4.64. The van der Waals surface area contributed by atoms with Gasteiger partial charge in [-0.25, -0.2) is 0 Å². The highest BCUT2D eigenvalue weighted by Gasteiger charge is 2.57. The van der Waals surface area contributed by atoms with Crippen molar-refractivity contribution in [3.8, 4) is 0 Å². The fourth-order valence-electron chi connectivity index (χ4n) is 8.81. The van der Waals surface area contributed by atoms with Gasteiger partial charge in [0, 0.05) is 6.92 Å². The number of aliphatic hydroxyl groups is 18. The third-order valence-corrected chi connectivity index (χ3v) is 12.9. The Balaban J connectivity index is 1.32. The van der Waals surface area contributed by atoms with Gasteiger partial charge in [0.2, 0.25) is 5.91 Å². The number of carbonyl (C=O) groups excluding carboxylic acids is 1. The minimum absolute atomic E-state index is 0.783. The van der Waals surface area contributed by atoms with E-state index in [1.807, 2.05) is 0 Å². The number of rotatable bonds is 17. The first-order valence-corrected chi connectivity index (χ1v) is 22.2. The van der Waals surface area contributed by atoms with Crippen LogP contribution in [0.25, 0.3) is 0 Å². The molecule has 6 rings (SSSR count). The van der Waals surface area contributed by atoms with E-state index in [1.54, 1.807) is 0 Å². The summed E-state index contributed by atoms with van der Waals surface area (Å²) in [5.74, 6) is -0.783. The lowest BCUT2D eigenvalue weighted by atomic mass is 9.94. The summed E-state index contributed by atoms with van der Waals surface area (Å²) < 4.78 is 63.1. The van der Waals surface area contributed by atoms with Crippen LogP contribution < -0.4 is 11.1 Å². The lowest BCUT2D eigenvalue weighted by Crippen LogP contribution is -2.69. The second-order valence-electron chi connectivity index (χ2n) is 17.6. The highest BCUT2D eigenvalue weighted by atomic mass is 16.8. The fraction of sp³-hybridized carbons (Fsp3) is 0.974. The van der Waals surface area contributed by atoms with Crippen molar-refractivity contribution in [1.82, 2.24) is 5.32 Å². The Bertz CT molecular complexity index is 1630. The number of hydrogen-bond donors (Lipinski definition) is 20. The van der Waals surface area contributed by atoms with E-state index >= 15 is 0 Å². The quantitative estimate of drug-likeness (QED) is 0.0643. The Hall–Kier alpha value is -1.73. The number of hydrogen-bond acceptors (Lipinski definition) is 31. The lowest BCUT2D eigenvalue weighted by Gasteiger charge is -2.49. The van der Waals surface area contributed by atoms with Crippen LogP contribution in [0.15, 0.2) is 0 Å². The zero-order chi connectivity index (χ0) is 51.6. The molecule has 0 aromatic rings. The van der Waals surface area contributed by atoms with Crippen LogP contribution in [0.1, 0.15) is 6.92 Å². The average molecular weight is 1030 g/mol. The SMILES string of the molecule is CC(=O)N[C@H]1[C@H](O[C@H]2[C@H](O)[C@H](O)[C@@H](O[C@H]3[C@H](O)[C@@H](N)[C@@H](O)O[C@@H]3CO)O[C@@H]2CO[C@H]2O[C@H](CO)[C@@H](O)[C@H](O)[C@@H]2O[C@H]2O[C@H](CO)[C@@H](O)[C@H](O)[C@@H]2O[C@H]2O[C@H](CO)[C@@H](O)[C@H](O)[C@@H]2O)O[C@H](CO)[C@H](O)[C@@H]1O. The molecular weight excluding hydrogens is 964 g/mol. The molecule has 70 heavy (non-hydrogen) atoms. The Kier molecular flexibility index (Phi) is 20.3. The maximum absolute atomic E-state index is 12.2. The van der Waals surface area contributed by atoms with Gasteiger partial charge in [0.25, 0.3) is 0 Å². The predicted octanol–water partition coefficient (Wildman–Crippen LogP) is -14.0. The van der Waals surface area contributed by atoms with Crippen LogP contribution in [-0.4, -0.2) is 322 Å². The van der Waals surface area contributed by atoms with Gasteiger partial charge in [-0.2, -0.15) is 0 Å². The fourth-order valence-corrected chi connectivity index (χ4v) is 8.81. The summed E-state index contributed by atoms with van der Waals surface area (Å²) in [6, 6.07) is -3.19. The number of amides is 1. The molecule has 0 aliphatic carbocycles. The van der Waals surface area contributed by atoms with Gasteiger partial charge in [0.05, 0.1) is 45.7 Å². The molecule has 6 saturated heterocycles. The van der Waals surface area contributed by atoms with Gasteiger partial charge in [0.15, 0.2) is 37.7 Å². The molecule has 1 amide bonds. The minimum Gasteiger partial charge on any atom is -0.394 e. The molecule has 0 bridgehead atoms. The maximum atomic E-state index is 12.2. The van der Waals surface area contributed by atoms with Crippen LogP contribution in [0.3, 0.4) is 0 Å². The molecule has 30 atom stereocenters. The molecule has 0 aromatic heterocycles. The molecule has 0 saturated carbocycles. The summed E-state index contributed by atoms with van der Waals surface area (Å²) in [6.07, 6.45) is -53.5. The highest BCUT2D eigenvalue weighted by molar-refractivity contribution is 5.73. The van der Waals surface area contributed by atoms with Gasteiger partial charge in [-0.05, 0) is 0 Å². The molecule has 21 N–H and O–H groups in total. The van der Waals surface area contributed by atoms with Crippen molar-refractivity contribution in [2.45, 2.75) is 191 Å². The normalized spacial score (nSPS) is 51.5. The smallest absolute Gasteiger partial charge is 0.217 e. The Labute approximate surface area is 396 Å². The Morgan fingerprint density at radius 1 is 0.414 bits per heavy atom. The molecular formula is C38H66N2O30. The zero-order valence-electron chi connectivity index (χ0n) is 37.1. The van der Waals surface area contributed by atoms with Gasteiger partial charge in [-0.1, -0.05) is 0 Å². The molecule has 6 heterocycles. The van der Waals surface area contributed by atoms with E-state index in [0.717, 1.165) is 6.92 Å². The van der Waals surface area contributed by atoms with Crippen LogP contribution in [0.2, 0.25) is 0 Å². The van der Waals surface area contributed by atoms with E-state index in [9.17, 15) is 96.7 Å². The average Bonchev–Trinajstić information content (AvgIpc) is 3.34. The number of carbonyl (C=O) groups is 1. The zero-order valence-corrected chi connectivity index (χ0v) is 37.1. The molecule has 0 unspecified atom stereocenters. The van der Waals surface area contributed by atoms with Gasteiger partial charge < -0.3 is 155 Å². The van der Waals surface area contributed by atoms with Crippen molar-refractivity contribution in [2.75, 3.05) is 39.6 Å². The van der Waals surface area contributed by atoms with E-state index in [4.69, 9.17) is 57.8 Å². The molecule has 0 spiro atoms. The van der Waals surface area contributed by atoms with Crippen LogP contribution in [0, 0.1) is 0 Å². The molecule has 6 fully saturated rings. The van der Waals surface area contributed by atoms with Gasteiger partial charge in [0.1, 0.15) is 140 Å². The van der Waals surface area contributed by atoms with Crippen molar-refractivity contribution in [3.05, 3.63) is 0 Å². The first kappa shape index (κ1) is 57.5. The first-order chi connectivity index (χ1) is 33.1. The van der Waals surface area contributed by atoms with Crippen molar-refractivity contribution in [3.63, 3.8) is 0 Å². The summed E-state index contributed by atoms with van der Waals surface area (Å²) in [5.41, 5.74) is 5.85. The summed E-state index contributed by atoms with van der Waals surface area (Å²) in [4.78, 5) is 12.2. The second kappa shape index (κ2) is 24.7. The first-order valence-electron chi connectivity index (χ1n) is 22.2. The number of nitrogens with two attached hydrogens (primary N) is 1. The van der Waals surface area contributed by atoms with Crippen LogP contribution in [0.5, 0.6) is 0 Å². The second-order valence-corrected chi connectivity index (χ2v) is 17.6. The summed E-state index contributed by atoms with van der Waals surface area (Å²) in [5, 5.41) is 194. The molecule has 408 valence electrons. The van der Waals surface area contributed by atoms with E-state index in [1.165, 1.54) is 0 Å². The van der Waals surface area contributed by atoms with Crippen molar-refractivity contribution in [2.24, 2.45) is 5.73 Å². The highest BCUT2D eigenvalue weighted by Crippen LogP contribution is 2.36. The van der Waals surface area contributed by atoms with E-state index in [0.29, 0.717) is 0 Å². The molecule has 32 nitrogen and oxygen atoms in total. The number of ether oxygens (including phenoxy) is 11. The summed E-state index contributed by atoms with van der Waals surface area (Å²) in [7, 11) is 0. The summed E-state index contributed by atoms with van der Waals surface area (Å²) >= 11 is 0. The third kappa shape index (κ3) is 12.0. The largest absolute Gasteiger partial charge is 0.394 e. The van der Waals surface area contributed by atoms with Crippen molar-refractivity contribution >= 4 is 5.91 Å². The maximum Gasteiger partial charge on any atom is 0.217 e. The molecule has 0 radical (unpaired) electrons. The van der Waals surface area contributed by atoms with Crippen molar-refractivity contribution in [1.29, 1.82) is 0 Å². The molecule has 6 aliphatic heterocycles. The van der Waals surface area contributed by atoms with Crippen LogP contribution in [-0.2, 0) is 56.9 Å². The molecule has 32 heteroatoms. The van der Waals surface area contributed by atoms with Gasteiger partial charge in [-0.15, -0.1) is 0 Å². The lowest BCUT2D eigenvalue weighted by molar-refractivity contribution is -0.398. The van der Waals surface area contributed by atoms with E-state index in [2.05, 4.69) is 5.32 Å². The van der Waals surface area contributed by atoms with Crippen LogP contribution >= 0.6 is 0 Å². The third-order valence-electron chi connectivity index (χ3n) is 12.9. The van der Waals surface area contributed by atoms with Gasteiger partial charge in [-0.3, -0.25) is 4.79 Å². The number of nitrogens with one attached hydrogen (secondary N) is 1. The van der Waals surface area contributed by atoms with Crippen molar-refractivity contribution < 1.29 is 149 Å². The van der Waals surface area contributed by atoms with E-state index in [-0.39, 0.29) is 0 Å². The predicted molar refractivity (Wildman–Crippen MR) is 213 cm³/mol.